The second-order valence-corrected chi connectivity index (χ2v) is 4.79. The van der Waals surface area contributed by atoms with Crippen molar-refractivity contribution in [2.45, 2.75) is 19.4 Å². The summed E-state index contributed by atoms with van der Waals surface area (Å²) in [4.78, 5) is 4.41. The molecule has 0 bridgehead atoms. The van der Waals surface area contributed by atoms with E-state index in [0.29, 0.717) is 12.6 Å². The first kappa shape index (κ1) is 21.9. The van der Waals surface area contributed by atoms with Gasteiger partial charge in [-0.3, -0.25) is 4.99 Å². The van der Waals surface area contributed by atoms with Crippen molar-refractivity contribution in [3.05, 3.63) is 29.8 Å². The van der Waals surface area contributed by atoms with Gasteiger partial charge in [-0.2, -0.15) is 0 Å². The number of ether oxygens (including phenoxy) is 2. The molecule has 0 heterocycles. The first-order valence-corrected chi connectivity index (χ1v) is 7.54. The summed E-state index contributed by atoms with van der Waals surface area (Å²) in [7, 11) is 3.29. The molecule has 0 aromatic heterocycles. The van der Waals surface area contributed by atoms with Crippen molar-refractivity contribution in [2.75, 3.05) is 40.5 Å². The van der Waals surface area contributed by atoms with E-state index in [4.69, 9.17) is 9.47 Å². The highest BCUT2D eigenvalue weighted by Crippen LogP contribution is 2.19. The van der Waals surface area contributed by atoms with E-state index >= 15 is 0 Å². The number of benzene rings is 1. The predicted octanol–water partition coefficient (Wildman–Crippen LogP) is 1.94. The summed E-state index contributed by atoms with van der Waals surface area (Å²) in [6.07, 6.45) is 0.240. The number of aliphatic hydroxyl groups is 1. The number of rotatable bonds is 9. The molecular weight excluding hydrogens is 409 g/mol. The molecule has 0 aliphatic rings. The van der Waals surface area contributed by atoms with E-state index in [9.17, 15) is 5.11 Å². The van der Waals surface area contributed by atoms with E-state index in [-0.39, 0.29) is 30.5 Å². The maximum Gasteiger partial charge on any atom is 0.191 e. The summed E-state index contributed by atoms with van der Waals surface area (Å²) >= 11 is 0. The zero-order valence-corrected chi connectivity index (χ0v) is 16.4. The molecule has 132 valence electrons. The SMILES string of the molecule is CCNC(=NCC(O)c1cccc(OC)c1)NCCCOC.I. The van der Waals surface area contributed by atoms with Gasteiger partial charge in [-0.1, -0.05) is 12.1 Å². The monoisotopic (exact) mass is 437 g/mol. The van der Waals surface area contributed by atoms with Gasteiger partial charge in [0, 0.05) is 26.8 Å². The number of nitrogens with zero attached hydrogens (tertiary/aromatic N) is 1. The average molecular weight is 437 g/mol. The molecule has 3 N–H and O–H groups in total. The van der Waals surface area contributed by atoms with Crippen LogP contribution in [0.1, 0.15) is 25.0 Å². The molecule has 1 atom stereocenters. The van der Waals surface area contributed by atoms with Gasteiger partial charge in [-0.15, -0.1) is 24.0 Å². The van der Waals surface area contributed by atoms with Gasteiger partial charge in [0.15, 0.2) is 5.96 Å². The van der Waals surface area contributed by atoms with Crippen LogP contribution in [0, 0.1) is 0 Å². The Hall–Kier alpha value is -1.06. The number of methoxy groups -OCH3 is 2. The van der Waals surface area contributed by atoms with Crippen molar-refractivity contribution in [1.82, 2.24) is 10.6 Å². The van der Waals surface area contributed by atoms with Crippen molar-refractivity contribution >= 4 is 29.9 Å². The minimum Gasteiger partial charge on any atom is -0.497 e. The van der Waals surface area contributed by atoms with Crippen molar-refractivity contribution in [2.24, 2.45) is 4.99 Å². The van der Waals surface area contributed by atoms with Crippen LogP contribution in [0.5, 0.6) is 5.75 Å². The van der Waals surface area contributed by atoms with Gasteiger partial charge in [0.2, 0.25) is 0 Å². The number of aliphatic imine (C=N–C) groups is 1. The molecule has 1 aromatic rings. The smallest absolute Gasteiger partial charge is 0.191 e. The molecule has 0 amide bonds. The largest absolute Gasteiger partial charge is 0.497 e. The van der Waals surface area contributed by atoms with Crippen molar-refractivity contribution in [3.63, 3.8) is 0 Å². The van der Waals surface area contributed by atoms with Crippen LogP contribution in [0.3, 0.4) is 0 Å². The lowest BCUT2D eigenvalue weighted by Gasteiger charge is -2.13. The van der Waals surface area contributed by atoms with E-state index in [1.165, 1.54) is 0 Å². The third kappa shape index (κ3) is 8.97. The van der Waals surface area contributed by atoms with E-state index in [1.54, 1.807) is 14.2 Å². The lowest BCUT2D eigenvalue weighted by atomic mass is 10.1. The molecule has 23 heavy (non-hydrogen) atoms. The highest BCUT2D eigenvalue weighted by Gasteiger charge is 2.08. The van der Waals surface area contributed by atoms with Crippen LogP contribution in [-0.2, 0) is 4.74 Å². The van der Waals surface area contributed by atoms with Gasteiger partial charge in [0.05, 0.1) is 19.8 Å². The quantitative estimate of drug-likeness (QED) is 0.238. The third-order valence-corrected chi connectivity index (χ3v) is 3.06. The van der Waals surface area contributed by atoms with Gasteiger partial charge >= 0.3 is 0 Å². The van der Waals surface area contributed by atoms with Gasteiger partial charge in [0.25, 0.3) is 0 Å². The zero-order chi connectivity index (χ0) is 16.2. The van der Waals surface area contributed by atoms with Crippen LogP contribution in [0.4, 0.5) is 0 Å². The highest BCUT2D eigenvalue weighted by molar-refractivity contribution is 14.0. The van der Waals surface area contributed by atoms with Crippen molar-refractivity contribution in [3.8, 4) is 5.75 Å². The number of nitrogens with one attached hydrogen (secondary N) is 2. The van der Waals surface area contributed by atoms with Gasteiger partial charge in [0.1, 0.15) is 5.75 Å². The molecule has 0 fully saturated rings. The van der Waals surface area contributed by atoms with Crippen molar-refractivity contribution in [1.29, 1.82) is 0 Å². The maximum absolute atomic E-state index is 10.2. The van der Waals surface area contributed by atoms with Gasteiger partial charge < -0.3 is 25.2 Å². The normalized spacial score (nSPS) is 12.3. The van der Waals surface area contributed by atoms with Gasteiger partial charge in [-0.05, 0) is 31.0 Å². The van der Waals surface area contributed by atoms with Crippen LogP contribution in [0.25, 0.3) is 0 Å². The highest BCUT2D eigenvalue weighted by atomic mass is 127. The van der Waals surface area contributed by atoms with Gasteiger partial charge in [-0.25, -0.2) is 0 Å². The van der Waals surface area contributed by atoms with Crippen LogP contribution >= 0.6 is 24.0 Å². The number of guanidine groups is 1. The summed E-state index contributed by atoms with van der Waals surface area (Å²) in [6.45, 7) is 4.54. The number of halogens is 1. The summed E-state index contributed by atoms with van der Waals surface area (Å²) in [5, 5.41) is 16.6. The van der Waals surface area contributed by atoms with Crippen molar-refractivity contribution < 1.29 is 14.6 Å². The molecule has 7 heteroatoms. The second kappa shape index (κ2) is 13.4. The lowest BCUT2D eigenvalue weighted by molar-refractivity contribution is 0.186. The topological polar surface area (TPSA) is 75.1 Å². The number of aliphatic hydroxyl groups excluding tert-OH is 1. The Morgan fingerprint density at radius 2 is 2.09 bits per heavy atom. The Kier molecular flexibility index (Phi) is 12.8. The zero-order valence-electron chi connectivity index (χ0n) is 14.0. The Morgan fingerprint density at radius 3 is 2.74 bits per heavy atom. The molecule has 0 radical (unpaired) electrons. The Bertz CT molecular complexity index is 458. The fraction of sp³-hybridized carbons (Fsp3) is 0.562. The van der Waals surface area contributed by atoms with E-state index in [1.807, 2.05) is 31.2 Å². The van der Waals surface area contributed by atoms with Crippen LogP contribution in [0.15, 0.2) is 29.3 Å². The molecule has 0 saturated heterocycles. The molecule has 1 unspecified atom stereocenters. The maximum atomic E-state index is 10.2. The third-order valence-electron chi connectivity index (χ3n) is 3.06. The molecule has 0 spiro atoms. The Labute approximate surface area is 155 Å². The predicted molar refractivity (Wildman–Crippen MR) is 104 cm³/mol. The Morgan fingerprint density at radius 1 is 1.30 bits per heavy atom. The number of hydrogen-bond acceptors (Lipinski definition) is 4. The second-order valence-electron chi connectivity index (χ2n) is 4.79. The molecule has 0 aliphatic heterocycles. The standard InChI is InChI=1S/C16H27N3O3.HI/c1-4-17-16(18-9-6-10-21-2)19-12-15(20)13-7-5-8-14(11-13)22-3;/h5,7-8,11,15,20H,4,6,9-10,12H2,1-3H3,(H2,17,18,19);1H. The molecule has 6 nitrogen and oxygen atoms in total. The van der Waals surface area contributed by atoms with E-state index in [0.717, 1.165) is 30.8 Å². The Balaban J connectivity index is 0.00000484. The van der Waals surface area contributed by atoms with Crippen LogP contribution in [-0.4, -0.2) is 51.5 Å². The molecule has 1 rings (SSSR count). The average Bonchev–Trinajstić information content (AvgIpc) is 2.56. The van der Waals surface area contributed by atoms with Crippen LogP contribution < -0.4 is 15.4 Å². The van der Waals surface area contributed by atoms with E-state index in [2.05, 4.69) is 15.6 Å². The van der Waals surface area contributed by atoms with E-state index < -0.39 is 6.10 Å². The van der Waals surface area contributed by atoms with Crippen LogP contribution in [0.2, 0.25) is 0 Å². The summed E-state index contributed by atoms with van der Waals surface area (Å²) in [6, 6.07) is 7.39. The molecular formula is C16H28IN3O3. The summed E-state index contributed by atoms with van der Waals surface area (Å²) in [5.74, 6) is 1.42. The fourth-order valence-corrected chi connectivity index (χ4v) is 1.90. The molecule has 0 saturated carbocycles. The first-order valence-electron chi connectivity index (χ1n) is 7.54. The summed E-state index contributed by atoms with van der Waals surface area (Å²) in [5.41, 5.74) is 0.790. The first-order chi connectivity index (χ1) is 10.7. The fourth-order valence-electron chi connectivity index (χ4n) is 1.90. The molecule has 1 aromatic carbocycles. The lowest BCUT2D eigenvalue weighted by Crippen LogP contribution is -2.38. The minimum atomic E-state index is -0.662. The number of hydrogen-bond donors (Lipinski definition) is 3. The minimum absolute atomic E-state index is 0. The summed E-state index contributed by atoms with van der Waals surface area (Å²) < 4.78 is 10.2. The molecule has 0 aliphatic carbocycles.